The lowest BCUT2D eigenvalue weighted by molar-refractivity contribution is 0.102. The zero-order valence-corrected chi connectivity index (χ0v) is 18.5. The van der Waals surface area contributed by atoms with Crippen LogP contribution in [-0.2, 0) is 6.42 Å². The van der Waals surface area contributed by atoms with Crippen molar-refractivity contribution in [1.82, 2.24) is 19.3 Å². The highest BCUT2D eigenvalue weighted by molar-refractivity contribution is 7.06. The van der Waals surface area contributed by atoms with Crippen LogP contribution in [0.5, 0.6) is 11.6 Å². The SMILES string of the molecule is Cc1nsc(Cc2cnc3ccccc3n2)c1C(=O)Nc1ccc(Oc2ccccc2)nc1. The predicted molar refractivity (Wildman–Crippen MR) is 128 cm³/mol. The highest BCUT2D eigenvalue weighted by Gasteiger charge is 2.19. The molecule has 0 atom stereocenters. The number of aromatic nitrogens is 4. The number of para-hydroxylation sites is 3. The summed E-state index contributed by atoms with van der Waals surface area (Å²) in [6.07, 6.45) is 3.79. The molecule has 162 valence electrons. The minimum Gasteiger partial charge on any atom is -0.439 e. The van der Waals surface area contributed by atoms with Crippen molar-refractivity contribution in [2.45, 2.75) is 13.3 Å². The van der Waals surface area contributed by atoms with E-state index < -0.39 is 0 Å². The average molecular weight is 454 g/mol. The summed E-state index contributed by atoms with van der Waals surface area (Å²) >= 11 is 1.30. The van der Waals surface area contributed by atoms with Gasteiger partial charge in [-0.1, -0.05) is 30.3 Å². The Hall–Kier alpha value is -4.17. The molecular formula is C25H19N5O2S. The Labute approximate surface area is 194 Å². The molecule has 0 bridgehead atoms. The van der Waals surface area contributed by atoms with Gasteiger partial charge in [0.05, 0.1) is 39.9 Å². The molecule has 3 heterocycles. The molecule has 0 saturated carbocycles. The first-order chi connectivity index (χ1) is 16.2. The number of nitrogens with zero attached hydrogens (tertiary/aromatic N) is 4. The summed E-state index contributed by atoms with van der Waals surface area (Å²) < 4.78 is 10.1. The standard InChI is InChI=1S/C25H19N5O2S/c1-16-24(22(33-30-16)13-18-15-26-20-9-5-6-10-21(20)28-18)25(31)29-17-11-12-23(27-14-17)32-19-7-3-2-4-8-19/h2-12,14-15H,13H2,1H3,(H,29,31). The number of hydrogen-bond donors (Lipinski definition) is 1. The van der Waals surface area contributed by atoms with Gasteiger partial charge in [-0.05, 0) is 48.8 Å². The largest absolute Gasteiger partial charge is 0.439 e. The normalized spacial score (nSPS) is 10.8. The number of hydrogen-bond acceptors (Lipinski definition) is 7. The van der Waals surface area contributed by atoms with E-state index in [1.807, 2.05) is 61.5 Å². The summed E-state index contributed by atoms with van der Waals surface area (Å²) in [4.78, 5) is 27.3. The number of anilines is 1. The molecule has 33 heavy (non-hydrogen) atoms. The fourth-order valence-corrected chi connectivity index (χ4v) is 4.27. The van der Waals surface area contributed by atoms with Gasteiger partial charge >= 0.3 is 0 Å². The lowest BCUT2D eigenvalue weighted by atomic mass is 10.1. The fourth-order valence-electron chi connectivity index (χ4n) is 3.39. The lowest BCUT2D eigenvalue weighted by Crippen LogP contribution is -2.14. The molecule has 0 aliphatic carbocycles. The molecular weight excluding hydrogens is 434 g/mol. The van der Waals surface area contributed by atoms with Crippen molar-refractivity contribution in [3.05, 3.63) is 101 Å². The molecule has 2 aromatic carbocycles. The zero-order valence-electron chi connectivity index (χ0n) is 17.7. The number of rotatable bonds is 6. The number of ether oxygens (including phenoxy) is 1. The van der Waals surface area contributed by atoms with Crippen molar-refractivity contribution in [2.75, 3.05) is 5.32 Å². The van der Waals surface area contributed by atoms with Gasteiger partial charge in [-0.3, -0.25) is 9.78 Å². The second-order valence-corrected chi connectivity index (χ2v) is 8.21. The number of fused-ring (bicyclic) bond motifs is 1. The first-order valence-corrected chi connectivity index (χ1v) is 11.1. The van der Waals surface area contributed by atoms with Crippen LogP contribution in [0.2, 0.25) is 0 Å². The summed E-state index contributed by atoms with van der Waals surface area (Å²) in [7, 11) is 0. The Morgan fingerprint density at radius 2 is 1.73 bits per heavy atom. The molecule has 7 nitrogen and oxygen atoms in total. The second-order valence-electron chi connectivity index (χ2n) is 7.35. The summed E-state index contributed by atoms with van der Waals surface area (Å²) in [6, 6.07) is 20.6. The van der Waals surface area contributed by atoms with Crippen molar-refractivity contribution in [1.29, 1.82) is 0 Å². The van der Waals surface area contributed by atoms with E-state index in [-0.39, 0.29) is 5.91 Å². The average Bonchev–Trinajstić information content (AvgIpc) is 3.21. The van der Waals surface area contributed by atoms with E-state index >= 15 is 0 Å². The highest BCUT2D eigenvalue weighted by Crippen LogP contribution is 2.24. The van der Waals surface area contributed by atoms with Crippen LogP contribution in [0.4, 0.5) is 5.69 Å². The van der Waals surface area contributed by atoms with Gasteiger partial charge in [-0.25, -0.2) is 9.97 Å². The number of amides is 1. The third kappa shape index (κ3) is 4.70. The lowest BCUT2D eigenvalue weighted by Gasteiger charge is -2.08. The molecule has 5 aromatic rings. The topological polar surface area (TPSA) is 89.9 Å². The van der Waals surface area contributed by atoms with Gasteiger partial charge < -0.3 is 10.1 Å². The van der Waals surface area contributed by atoms with Crippen LogP contribution in [0.25, 0.3) is 11.0 Å². The molecule has 0 saturated heterocycles. The van der Waals surface area contributed by atoms with Gasteiger partial charge in [0.15, 0.2) is 0 Å². The van der Waals surface area contributed by atoms with Crippen LogP contribution in [0, 0.1) is 6.92 Å². The van der Waals surface area contributed by atoms with Crippen molar-refractivity contribution in [3.8, 4) is 11.6 Å². The Morgan fingerprint density at radius 1 is 0.939 bits per heavy atom. The van der Waals surface area contributed by atoms with Gasteiger partial charge in [0.2, 0.25) is 5.88 Å². The second kappa shape index (κ2) is 9.13. The maximum atomic E-state index is 13.1. The quantitative estimate of drug-likeness (QED) is 0.369. The molecule has 1 N–H and O–H groups in total. The van der Waals surface area contributed by atoms with Crippen LogP contribution in [0.1, 0.15) is 26.6 Å². The first-order valence-electron chi connectivity index (χ1n) is 10.3. The van der Waals surface area contributed by atoms with E-state index in [1.54, 1.807) is 24.5 Å². The van der Waals surface area contributed by atoms with Crippen LogP contribution in [-0.4, -0.2) is 25.2 Å². The van der Waals surface area contributed by atoms with Gasteiger partial charge in [-0.15, -0.1) is 0 Å². The van der Waals surface area contributed by atoms with Crippen LogP contribution in [0.15, 0.2) is 79.1 Å². The molecule has 0 aliphatic heterocycles. The Balaban J connectivity index is 1.31. The number of pyridine rings is 1. The molecule has 1 amide bonds. The fraction of sp³-hybridized carbons (Fsp3) is 0.0800. The maximum absolute atomic E-state index is 13.1. The van der Waals surface area contributed by atoms with Crippen molar-refractivity contribution < 1.29 is 9.53 Å². The Bertz CT molecular complexity index is 1420. The van der Waals surface area contributed by atoms with E-state index in [9.17, 15) is 4.79 Å². The molecule has 8 heteroatoms. The third-order valence-electron chi connectivity index (χ3n) is 4.96. The van der Waals surface area contributed by atoms with Crippen molar-refractivity contribution >= 4 is 34.2 Å². The molecule has 0 unspecified atom stereocenters. The Kier molecular flexibility index (Phi) is 5.73. The van der Waals surface area contributed by atoms with Crippen molar-refractivity contribution in [3.63, 3.8) is 0 Å². The monoisotopic (exact) mass is 453 g/mol. The smallest absolute Gasteiger partial charge is 0.258 e. The summed E-state index contributed by atoms with van der Waals surface area (Å²) in [5.41, 5.74) is 4.26. The van der Waals surface area contributed by atoms with Gasteiger partial charge in [-0.2, -0.15) is 4.37 Å². The minimum atomic E-state index is -0.233. The van der Waals surface area contributed by atoms with Crippen LogP contribution >= 0.6 is 11.5 Å². The molecule has 0 aliphatic rings. The predicted octanol–water partition coefficient (Wildman–Crippen LogP) is 5.43. The molecule has 5 rings (SSSR count). The summed E-state index contributed by atoms with van der Waals surface area (Å²) in [6.45, 7) is 1.83. The van der Waals surface area contributed by atoms with Crippen LogP contribution in [0.3, 0.4) is 0 Å². The molecule has 3 aromatic heterocycles. The van der Waals surface area contributed by atoms with Gasteiger partial charge in [0, 0.05) is 23.6 Å². The third-order valence-corrected chi connectivity index (χ3v) is 5.89. The number of nitrogens with one attached hydrogen (secondary N) is 1. The number of carbonyl (C=O) groups is 1. The number of aryl methyl sites for hydroxylation is 1. The summed E-state index contributed by atoms with van der Waals surface area (Å²) in [5.74, 6) is 0.912. The maximum Gasteiger partial charge on any atom is 0.258 e. The zero-order chi connectivity index (χ0) is 22.6. The first kappa shape index (κ1) is 20.7. The number of carbonyl (C=O) groups excluding carboxylic acids is 1. The van der Waals surface area contributed by atoms with E-state index in [4.69, 9.17) is 4.74 Å². The molecule has 0 radical (unpaired) electrons. The van der Waals surface area contributed by atoms with Gasteiger partial charge in [0.25, 0.3) is 5.91 Å². The van der Waals surface area contributed by atoms with Crippen LogP contribution < -0.4 is 10.1 Å². The van der Waals surface area contributed by atoms with Crippen molar-refractivity contribution in [2.24, 2.45) is 0 Å². The Morgan fingerprint density at radius 3 is 2.52 bits per heavy atom. The minimum absolute atomic E-state index is 0.233. The highest BCUT2D eigenvalue weighted by atomic mass is 32.1. The summed E-state index contributed by atoms with van der Waals surface area (Å²) in [5, 5.41) is 2.91. The van der Waals surface area contributed by atoms with Gasteiger partial charge in [0.1, 0.15) is 5.75 Å². The van der Waals surface area contributed by atoms with E-state index in [0.29, 0.717) is 35.0 Å². The number of benzene rings is 2. The van der Waals surface area contributed by atoms with E-state index in [1.165, 1.54) is 11.5 Å². The molecule has 0 spiro atoms. The van der Waals surface area contributed by atoms with E-state index in [0.717, 1.165) is 21.6 Å². The molecule has 0 fully saturated rings. The van der Waals surface area contributed by atoms with E-state index in [2.05, 4.69) is 24.6 Å².